The monoisotopic (exact) mass is 277 g/mol. The molecule has 0 bridgehead atoms. The molecule has 5 nitrogen and oxygen atoms in total. The van der Waals surface area contributed by atoms with Crippen LogP contribution in [0.15, 0.2) is 18.2 Å². The van der Waals surface area contributed by atoms with E-state index in [-0.39, 0.29) is 12.5 Å². The lowest BCUT2D eigenvalue weighted by Crippen LogP contribution is -2.42. The molecule has 1 saturated carbocycles. The quantitative estimate of drug-likeness (QED) is 0.796. The van der Waals surface area contributed by atoms with E-state index >= 15 is 0 Å². The minimum atomic E-state index is -0.0550. The third-order valence-electron chi connectivity index (χ3n) is 3.85. The third kappa shape index (κ3) is 2.88. The van der Waals surface area contributed by atoms with Crippen LogP contribution in [0.5, 0.6) is 0 Å². The van der Waals surface area contributed by atoms with Gasteiger partial charge in [-0.3, -0.25) is 4.79 Å². The van der Waals surface area contributed by atoms with Gasteiger partial charge in [0.15, 0.2) is 0 Å². The number of nitrogens with zero attached hydrogens (tertiary/aromatic N) is 2. The number of hydrogen-bond donors (Lipinski definition) is 2. The average molecular weight is 277 g/mol. The SMILES string of the molecule is CN(C)C(=O)c1ccc(N(CCO)C2CCC2)c(N)c1. The fourth-order valence-corrected chi connectivity index (χ4v) is 2.51. The second-order valence-electron chi connectivity index (χ2n) is 5.47. The molecule has 0 spiro atoms. The van der Waals surface area contributed by atoms with Crippen molar-refractivity contribution in [1.29, 1.82) is 0 Å². The zero-order chi connectivity index (χ0) is 14.7. The highest BCUT2D eigenvalue weighted by atomic mass is 16.3. The van der Waals surface area contributed by atoms with Crippen molar-refractivity contribution in [1.82, 2.24) is 4.90 Å². The van der Waals surface area contributed by atoms with E-state index in [1.165, 1.54) is 11.3 Å². The van der Waals surface area contributed by atoms with Gasteiger partial charge in [0.1, 0.15) is 0 Å². The Labute approximate surface area is 120 Å². The molecule has 110 valence electrons. The van der Waals surface area contributed by atoms with E-state index in [4.69, 9.17) is 5.73 Å². The maximum absolute atomic E-state index is 11.9. The number of carbonyl (C=O) groups is 1. The standard InChI is InChI=1S/C15H23N3O2/c1-17(2)15(20)11-6-7-14(13(16)10-11)18(8-9-19)12-4-3-5-12/h6-7,10,12,19H,3-5,8-9,16H2,1-2H3. The second-order valence-corrected chi connectivity index (χ2v) is 5.47. The summed E-state index contributed by atoms with van der Waals surface area (Å²) in [5.74, 6) is -0.0550. The van der Waals surface area contributed by atoms with Crippen LogP contribution in [-0.2, 0) is 0 Å². The topological polar surface area (TPSA) is 69.8 Å². The number of aliphatic hydroxyl groups is 1. The van der Waals surface area contributed by atoms with Crippen molar-refractivity contribution < 1.29 is 9.90 Å². The van der Waals surface area contributed by atoms with Crippen molar-refractivity contribution in [2.45, 2.75) is 25.3 Å². The number of anilines is 2. The van der Waals surface area contributed by atoms with Crippen LogP contribution in [0.4, 0.5) is 11.4 Å². The molecule has 1 amide bonds. The molecular formula is C15H23N3O2. The molecule has 0 heterocycles. The fourth-order valence-electron chi connectivity index (χ4n) is 2.51. The van der Waals surface area contributed by atoms with Crippen LogP contribution >= 0.6 is 0 Å². The largest absolute Gasteiger partial charge is 0.397 e. The Morgan fingerprint density at radius 1 is 1.40 bits per heavy atom. The van der Waals surface area contributed by atoms with E-state index in [9.17, 15) is 9.90 Å². The average Bonchev–Trinajstić information content (AvgIpc) is 2.35. The van der Waals surface area contributed by atoms with Crippen molar-refractivity contribution in [3.8, 4) is 0 Å². The molecule has 1 aromatic carbocycles. The fraction of sp³-hybridized carbons (Fsp3) is 0.533. The van der Waals surface area contributed by atoms with Crippen molar-refractivity contribution in [3.63, 3.8) is 0 Å². The minimum absolute atomic E-state index is 0.0550. The number of aliphatic hydroxyl groups excluding tert-OH is 1. The first-order valence-electron chi connectivity index (χ1n) is 7.03. The van der Waals surface area contributed by atoms with Gasteiger partial charge in [-0.15, -0.1) is 0 Å². The molecule has 1 aliphatic rings. The number of benzene rings is 1. The summed E-state index contributed by atoms with van der Waals surface area (Å²) in [6, 6.07) is 5.87. The lowest BCUT2D eigenvalue weighted by atomic mass is 9.90. The number of hydrogen-bond acceptors (Lipinski definition) is 4. The molecule has 20 heavy (non-hydrogen) atoms. The van der Waals surface area contributed by atoms with E-state index in [1.54, 1.807) is 26.2 Å². The summed E-state index contributed by atoms with van der Waals surface area (Å²) in [5, 5.41) is 9.23. The van der Waals surface area contributed by atoms with Gasteiger partial charge in [-0.2, -0.15) is 0 Å². The predicted octanol–water partition coefficient (Wildman–Crippen LogP) is 1.32. The molecular weight excluding hydrogens is 254 g/mol. The zero-order valence-corrected chi connectivity index (χ0v) is 12.2. The molecule has 0 unspecified atom stereocenters. The van der Waals surface area contributed by atoms with Gasteiger partial charge in [0.2, 0.25) is 0 Å². The second kappa shape index (κ2) is 6.13. The Morgan fingerprint density at radius 3 is 2.55 bits per heavy atom. The first kappa shape index (κ1) is 14.7. The van der Waals surface area contributed by atoms with Gasteiger partial charge in [-0.1, -0.05) is 0 Å². The summed E-state index contributed by atoms with van der Waals surface area (Å²) >= 11 is 0. The van der Waals surface area contributed by atoms with E-state index in [2.05, 4.69) is 4.90 Å². The first-order chi connectivity index (χ1) is 9.54. The van der Waals surface area contributed by atoms with Crippen LogP contribution in [0.1, 0.15) is 29.6 Å². The number of nitrogen functional groups attached to an aromatic ring is 1. The maximum Gasteiger partial charge on any atom is 0.253 e. The van der Waals surface area contributed by atoms with Gasteiger partial charge in [0.25, 0.3) is 5.91 Å². The lowest BCUT2D eigenvalue weighted by Gasteiger charge is -2.39. The molecule has 0 aliphatic heterocycles. The van der Waals surface area contributed by atoms with Gasteiger partial charge in [0.05, 0.1) is 18.0 Å². The van der Waals surface area contributed by atoms with Gasteiger partial charge in [0, 0.05) is 32.2 Å². The van der Waals surface area contributed by atoms with Crippen LogP contribution < -0.4 is 10.6 Å². The highest BCUT2D eigenvalue weighted by molar-refractivity contribution is 5.95. The Bertz CT molecular complexity index is 484. The number of carbonyl (C=O) groups excluding carboxylic acids is 1. The highest BCUT2D eigenvalue weighted by Crippen LogP contribution is 2.33. The zero-order valence-electron chi connectivity index (χ0n) is 12.2. The van der Waals surface area contributed by atoms with Gasteiger partial charge >= 0.3 is 0 Å². The summed E-state index contributed by atoms with van der Waals surface area (Å²) in [4.78, 5) is 15.6. The van der Waals surface area contributed by atoms with Crippen LogP contribution in [0.3, 0.4) is 0 Å². The summed E-state index contributed by atoms with van der Waals surface area (Å²) in [6.45, 7) is 0.685. The van der Waals surface area contributed by atoms with Gasteiger partial charge < -0.3 is 20.6 Å². The summed E-state index contributed by atoms with van der Waals surface area (Å²) in [6.07, 6.45) is 3.50. The molecule has 3 N–H and O–H groups in total. The van der Waals surface area contributed by atoms with E-state index in [1.807, 2.05) is 6.07 Å². The van der Waals surface area contributed by atoms with Crippen LogP contribution in [-0.4, -0.2) is 49.2 Å². The summed E-state index contributed by atoms with van der Waals surface area (Å²) in [7, 11) is 3.44. The molecule has 2 rings (SSSR count). The van der Waals surface area contributed by atoms with E-state index in [0.717, 1.165) is 18.5 Å². The van der Waals surface area contributed by atoms with Gasteiger partial charge in [-0.25, -0.2) is 0 Å². The smallest absolute Gasteiger partial charge is 0.253 e. The Kier molecular flexibility index (Phi) is 4.49. The minimum Gasteiger partial charge on any atom is -0.397 e. The third-order valence-corrected chi connectivity index (χ3v) is 3.85. The number of rotatable bonds is 5. The molecule has 5 heteroatoms. The predicted molar refractivity (Wildman–Crippen MR) is 80.9 cm³/mol. The molecule has 0 aromatic heterocycles. The molecule has 1 aliphatic carbocycles. The van der Waals surface area contributed by atoms with Crippen molar-refractivity contribution in [3.05, 3.63) is 23.8 Å². The Balaban J connectivity index is 2.25. The summed E-state index contributed by atoms with van der Waals surface area (Å²) < 4.78 is 0. The van der Waals surface area contributed by atoms with Gasteiger partial charge in [-0.05, 0) is 37.5 Å². The normalized spacial score (nSPS) is 14.8. The van der Waals surface area contributed by atoms with Crippen LogP contribution in [0, 0.1) is 0 Å². The highest BCUT2D eigenvalue weighted by Gasteiger charge is 2.26. The first-order valence-corrected chi connectivity index (χ1v) is 7.03. The summed E-state index contributed by atoms with van der Waals surface area (Å²) in [5.41, 5.74) is 8.22. The molecule has 0 radical (unpaired) electrons. The molecule has 0 atom stereocenters. The van der Waals surface area contributed by atoms with Crippen LogP contribution in [0.25, 0.3) is 0 Å². The Hall–Kier alpha value is -1.75. The van der Waals surface area contributed by atoms with Crippen molar-refractivity contribution >= 4 is 17.3 Å². The molecule has 1 fully saturated rings. The van der Waals surface area contributed by atoms with Crippen molar-refractivity contribution in [2.24, 2.45) is 0 Å². The Morgan fingerprint density at radius 2 is 2.10 bits per heavy atom. The molecule has 0 saturated heterocycles. The van der Waals surface area contributed by atoms with Crippen molar-refractivity contribution in [2.75, 3.05) is 37.9 Å². The van der Waals surface area contributed by atoms with E-state index in [0.29, 0.717) is 23.8 Å². The molecule has 1 aromatic rings. The number of amides is 1. The maximum atomic E-state index is 11.9. The number of nitrogens with two attached hydrogens (primary N) is 1. The van der Waals surface area contributed by atoms with E-state index < -0.39 is 0 Å². The lowest BCUT2D eigenvalue weighted by molar-refractivity contribution is 0.0827. The van der Waals surface area contributed by atoms with Crippen LogP contribution in [0.2, 0.25) is 0 Å².